The number of hydrogen-bond acceptors (Lipinski definition) is 2. The van der Waals surface area contributed by atoms with Crippen LogP contribution in [-0.2, 0) is 11.2 Å². The van der Waals surface area contributed by atoms with Gasteiger partial charge in [-0.15, -0.1) is 0 Å². The lowest BCUT2D eigenvalue weighted by molar-refractivity contribution is -0.134. The zero-order valence-corrected chi connectivity index (χ0v) is 16.2. The van der Waals surface area contributed by atoms with Gasteiger partial charge in [-0.1, -0.05) is 36.6 Å². The van der Waals surface area contributed by atoms with Crippen molar-refractivity contribution in [1.82, 2.24) is 9.80 Å². The Bertz CT molecular complexity index is 546. The van der Waals surface area contributed by atoms with Crippen LogP contribution in [0.4, 0.5) is 0 Å². The third-order valence-electron chi connectivity index (χ3n) is 5.95. The lowest BCUT2D eigenvalue weighted by Gasteiger charge is -2.34. The number of amides is 1. The second-order valence-electron chi connectivity index (χ2n) is 7.86. The van der Waals surface area contributed by atoms with E-state index in [4.69, 9.17) is 11.6 Å². The zero-order chi connectivity index (χ0) is 17.6. The summed E-state index contributed by atoms with van der Waals surface area (Å²) < 4.78 is 0. The predicted molar refractivity (Wildman–Crippen MR) is 104 cm³/mol. The number of rotatable bonds is 6. The molecular formula is C21H31ClN2O. The van der Waals surface area contributed by atoms with Crippen LogP contribution in [0.25, 0.3) is 0 Å². The molecule has 0 spiro atoms. The Hall–Kier alpha value is -1.06. The van der Waals surface area contributed by atoms with E-state index in [1.165, 1.54) is 31.2 Å². The number of carbonyl (C=O) groups excluding carboxylic acids is 1. The van der Waals surface area contributed by atoms with Crippen LogP contribution in [0.3, 0.4) is 0 Å². The van der Waals surface area contributed by atoms with Gasteiger partial charge >= 0.3 is 0 Å². The van der Waals surface area contributed by atoms with Crippen LogP contribution < -0.4 is 0 Å². The van der Waals surface area contributed by atoms with Crippen LogP contribution in [0.2, 0.25) is 5.02 Å². The van der Waals surface area contributed by atoms with E-state index in [1.807, 2.05) is 24.1 Å². The van der Waals surface area contributed by atoms with E-state index in [0.29, 0.717) is 17.7 Å². The minimum Gasteiger partial charge on any atom is -0.345 e. The van der Waals surface area contributed by atoms with E-state index in [2.05, 4.69) is 17.0 Å². The third kappa shape index (κ3) is 5.46. The van der Waals surface area contributed by atoms with Gasteiger partial charge in [0.15, 0.2) is 0 Å². The summed E-state index contributed by atoms with van der Waals surface area (Å²) in [6.07, 6.45) is 8.18. The van der Waals surface area contributed by atoms with Crippen LogP contribution in [0, 0.1) is 11.8 Å². The van der Waals surface area contributed by atoms with E-state index in [1.54, 1.807) is 0 Å². The van der Waals surface area contributed by atoms with E-state index in [-0.39, 0.29) is 0 Å². The summed E-state index contributed by atoms with van der Waals surface area (Å²) in [6, 6.07) is 8.19. The predicted octanol–water partition coefficient (Wildman–Crippen LogP) is 4.24. The lowest BCUT2D eigenvalue weighted by atomic mass is 9.95. The Kier molecular flexibility index (Phi) is 6.77. The summed E-state index contributed by atoms with van der Waals surface area (Å²) in [6.45, 7) is 4.37. The first-order valence-corrected chi connectivity index (χ1v) is 10.2. The molecule has 3 rings (SSSR count). The van der Waals surface area contributed by atoms with Gasteiger partial charge in [-0.3, -0.25) is 4.79 Å². The Morgan fingerprint density at radius 2 is 1.76 bits per heavy atom. The molecule has 0 atom stereocenters. The van der Waals surface area contributed by atoms with Gasteiger partial charge in [-0.25, -0.2) is 0 Å². The largest absolute Gasteiger partial charge is 0.345 e. The molecule has 138 valence electrons. The number of hydrogen-bond donors (Lipinski definition) is 0. The van der Waals surface area contributed by atoms with Crippen LogP contribution >= 0.6 is 11.6 Å². The first kappa shape index (κ1) is 18.7. The second-order valence-corrected chi connectivity index (χ2v) is 8.30. The Balaban J connectivity index is 1.36. The molecule has 0 N–H and O–H groups in total. The fraction of sp³-hybridized carbons (Fsp3) is 0.667. The van der Waals surface area contributed by atoms with Crippen molar-refractivity contribution in [2.24, 2.45) is 11.8 Å². The molecule has 25 heavy (non-hydrogen) atoms. The molecule has 1 aliphatic heterocycles. The monoisotopic (exact) mass is 362 g/mol. The molecule has 2 aliphatic rings. The fourth-order valence-electron chi connectivity index (χ4n) is 4.29. The van der Waals surface area contributed by atoms with Crippen molar-refractivity contribution in [2.75, 3.05) is 33.2 Å². The number of likely N-dealkylation sites (tertiary alicyclic amines) is 1. The highest BCUT2D eigenvalue weighted by molar-refractivity contribution is 6.30. The molecule has 1 amide bonds. The summed E-state index contributed by atoms with van der Waals surface area (Å²) in [5, 5.41) is 0.806. The number of halogens is 1. The fourth-order valence-corrected chi connectivity index (χ4v) is 4.42. The maximum Gasteiger partial charge on any atom is 0.225 e. The number of benzene rings is 1. The molecule has 0 aromatic heterocycles. The molecule has 1 saturated heterocycles. The van der Waals surface area contributed by atoms with Crippen molar-refractivity contribution in [3.63, 3.8) is 0 Å². The van der Waals surface area contributed by atoms with E-state index >= 15 is 0 Å². The van der Waals surface area contributed by atoms with Gasteiger partial charge in [-0.05, 0) is 68.8 Å². The average Bonchev–Trinajstić information content (AvgIpc) is 3.16. The molecule has 1 aromatic rings. The SMILES string of the molecule is CN(CC1CCN(CCc2ccc(Cl)cc2)CC1)C(=O)C1CCCC1. The number of nitrogens with zero attached hydrogens (tertiary/aromatic N) is 2. The van der Waals surface area contributed by atoms with E-state index in [9.17, 15) is 4.79 Å². The van der Waals surface area contributed by atoms with Gasteiger partial charge in [0.05, 0.1) is 0 Å². The molecule has 1 aromatic carbocycles. The van der Waals surface area contributed by atoms with E-state index in [0.717, 1.165) is 50.5 Å². The van der Waals surface area contributed by atoms with Gasteiger partial charge in [0.1, 0.15) is 0 Å². The molecule has 0 bridgehead atoms. The van der Waals surface area contributed by atoms with Crippen molar-refractivity contribution in [3.8, 4) is 0 Å². The third-order valence-corrected chi connectivity index (χ3v) is 6.20. The van der Waals surface area contributed by atoms with E-state index < -0.39 is 0 Å². The standard InChI is InChI=1S/C21H31ClN2O/c1-23(21(25)19-4-2-3-5-19)16-18-11-14-24(15-12-18)13-10-17-6-8-20(22)9-7-17/h6-9,18-19H,2-5,10-16H2,1H3. The molecule has 2 fully saturated rings. The van der Waals surface area contributed by atoms with Crippen molar-refractivity contribution in [2.45, 2.75) is 44.9 Å². The minimum atomic E-state index is 0.310. The molecule has 0 unspecified atom stereocenters. The quantitative estimate of drug-likeness (QED) is 0.755. The second kappa shape index (κ2) is 9.05. The lowest BCUT2D eigenvalue weighted by Crippen LogP contribution is -2.41. The van der Waals surface area contributed by atoms with Crippen molar-refractivity contribution < 1.29 is 4.79 Å². The summed E-state index contributed by atoms with van der Waals surface area (Å²) in [5.74, 6) is 1.37. The van der Waals surface area contributed by atoms with Crippen LogP contribution in [0.5, 0.6) is 0 Å². The van der Waals surface area contributed by atoms with Crippen LogP contribution in [0.1, 0.15) is 44.1 Å². The van der Waals surface area contributed by atoms with Gasteiger partial charge < -0.3 is 9.80 Å². The normalized spacial score (nSPS) is 20.1. The number of piperidine rings is 1. The van der Waals surface area contributed by atoms with Crippen molar-refractivity contribution >= 4 is 17.5 Å². The maximum absolute atomic E-state index is 12.5. The topological polar surface area (TPSA) is 23.6 Å². The van der Waals surface area contributed by atoms with Gasteiger partial charge in [0, 0.05) is 31.1 Å². The molecular weight excluding hydrogens is 332 g/mol. The van der Waals surface area contributed by atoms with Crippen LogP contribution in [-0.4, -0.2) is 48.9 Å². The zero-order valence-electron chi connectivity index (χ0n) is 15.4. The Morgan fingerprint density at radius 1 is 1.12 bits per heavy atom. The minimum absolute atomic E-state index is 0.310. The first-order valence-electron chi connectivity index (χ1n) is 9.83. The molecule has 1 heterocycles. The number of carbonyl (C=O) groups is 1. The molecule has 3 nitrogen and oxygen atoms in total. The van der Waals surface area contributed by atoms with Gasteiger partial charge in [0.2, 0.25) is 5.91 Å². The van der Waals surface area contributed by atoms with Crippen molar-refractivity contribution in [1.29, 1.82) is 0 Å². The summed E-state index contributed by atoms with van der Waals surface area (Å²) >= 11 is 5.94. The molecule has 1 saturated carbocycles. The van der Waals surface area contributed by atoms with Crippen molar-refractivity contribution in [3.05, 3.63) is 34.9 Å². The summed E-state index contributed by atoms with van der Waals surface area (Å²) in [7, 11) is 2.01. The molecule has 0 radical (unpaired) electrons. The van der Waals surface area contributed by atoms with Gasteiger partial charge in [-0.2, -0.15) is 0 Å². The molecule has 1 aliphatic carbocycles. The first-order chi connectivity index (χ1) is 12.1. The molecule has 4 heteroatoms. The highest BCUT2D eigenvalue weighted by Crippen LogP contribution is 2.27. The summed E-state index contributed by atoms with van der Waals surface area (Å²) in [4.78, 5) is 17.1. The van der Waals surface area contributed by atoms with Gasteiger partial charge in [0.25, 0.3) is 0 Å². The van der Waals surface area contributed by atoms with Crippen LogP contribution in [0.15, 0.2) is 24.3 Å². The smallest absolute Gasteiger partial charge is 0.225 e. The maximum atomic E-state index is 12.5. The average molecular weight is 363 g/mol. The Morgan fingerprint density at radius 3 is 2.40 bits per heavy atom. The highest BCUT2D eigenvalue weighted by atomic mass is 35.5. The Labute approximate surface area is 157 Å². The summed E-state index contributed by atoms with van der Waals surface area (Å²) in [5.41, 5.74) is 1.36. The highest BCUT2D eigenvalue weighted by Gasteiger charge is 2.27.